The number of carbonyl (C=O) groups excluding carboxylic acids is 1. The molecule has 1 heterocycles. The Labute approximate surface area is 197 Å². The summed E-state index contributed by atoms with van der Waals surface area (Å²) in [5, 5.41) is 3.50. The molecule has 0 saturated heterocycles. The minimum Gasteiger partial charge on any atom is -0.465 e. The van der Waals surface area contributed by atoms with Gasteiger partial charge >= 0.3 is 5.97 Å². The highest BCUT2D eigenvalue weighted by Gasteiger charge is 2.16. The van der Waals surface area contributed by atoms with E-state index < -0.39 is 5.97 Å². The number of nitrogens with zero attached hydrogens (tertiary/aromatic N) is 2. The maximum Gasteiger partial charge on any atom is 0.338 e. The van der Waals surface area contributed by atoms with Crippen LogP contribution in [-0.4, -0.2) is 22.6 Å². The van der Waals surface area contributed by atoms with Crippen molar-refractivity contribution in [2.24, 2.45) is 0 Å². The first-order valence-corrected chi connectivity index (χ1v) is 10.9. The molecular formula is C27H25F2N3O2. The highest BCUT2D eigenvalue weighted by Crippen LogP contribution is 2.21. The Balaban J connectivity index is 1.54. The maximum atomic E-state index is 13.4. The van der Waals surface area contributed by atoms with E-state index in [9.17, 15) is 13.6 Å². The van der Waals surface area contributed by atoms with E-state index in [4.69, 9.17) is 4.74 Å². The van der Waals surface area contributed by atoms with Crippen LogP contribution in [0.15, 0.2) is 85.5 Å². The molecule has 0 amide bonds. The number of esters is 1. The Bertz CT molecular complexity index is 1220. The molecule has 1 atom stereocenters. The predicted molar refractivity (Wildman–Crippen MR) is 125 cm³/mol. The molecule has 0 radical (unpaired) electrons. The number of ether oxygens (including phenoxy) is 1. The summed E-state index contributed by atoms with van der Waals surface area (Å²) in [5.41, 5.74) is 4.01. The zero-order valence-electron chi connectivity index (χ0n) is 18.7. The van der Waals surface area contributed by atoms with Crippen LogP contribution in [0, 0.1) is 11.6 Å². The highest BCUT2D eigenvalue weighted by atomic mass is 19.1. The molecule has 4 aromatic rings. The molecule has 0 saturated carbocycles. The average molecular weight is 462 g/mol. The standard InChI is InChI=1S/C27H25F2N3O2/c1-34-27(33)25-15-20(2-5-22(25)14-19-3-8-23(28)9-4-19)16-31-26(17-32-13-12-30-18-32)21-6-10-24(29)11-7-21/h2-13,15,18,26,31H,14,16-17H2,1H3. The van der Waals surface area contributed by atoms with E-state index in [0.717, 1.165) is 22.3 Å². The molecule has 0 spiro atoms. The minimum atomic E-state index is -0.424. The summed E-state index contributed by atoms with van der Waals surface area (Å²) in [5.74, 6) is -1.01. The van der Waals surface area contributed by atoms with Gasteiger partial charge in [-0.15, -0.1) is 0 Å². The van der Waals surface area contributed by atoms with Gasteiger partial charge in [-0.05, 0) is 59.0 Å². The van der Waals surface area contributed by atoms with Crippen LogP contribution in [0.3, 0.4) is 0 Å². The van der Waals surface area contributed by atoms with Crippen LogP contribution in [0.1, 0.15) is 38.7 Å². The van der Waals surface area contributed by atoms with E-state index in [1.165, 1.54) is 31.4 Å². The summed E-state index contributed by atoms with van der Waals surface area (Å²) in [6.07, 6.45) is 5.80. The van der Waals surface area contributed by atoms with Crippen molar-refractivity contribution in [3.05, 3.63) is 125 Å². The highest BCUT2D eigenvalue weighted by molar-refractivity contribution is 5.91. The average Bonchev–Trinajstić information content (AvgIpc) is 3.37. The lowest BCUT2D eigenvalue weighted by molar-refractivity contribution is 0.0599. The van der Waals surface area contributed by atoms with E-state index >= 15 is 0 Å². The molecule has 1 unspecified atom stereocenters. The molecule has 4 rings (SSSR count). The monoisotopic (exact) mass is 461 g/mol. The number of hydrogen-bond donors (Lipinski definition) is 1. The van der Waals surface area contributed by atoms with Gasteiger partial charge in [0.1, 0.15) is 11.6 Å². The molecule has 34 heavy (non-hydrogen) atoms. The molecule has 174 valence electrons. The number of hydrogen-bond acceptors (Lipinski definition) is 4. The largest absolute Gasteiger partial charge is 0.465 e. The first-order chi connectivity index (χ1) is 16.5. The van der Waals surface area contributed by atoms with E-state index in [0.29, 0.717) is 25.1 Å². The zero-order valence-corrected chi connectivity index (χ0v) is 18.7. The number of benzene rings is 3. The SMILES string of the molecule is COC(=O)c1cc(CNC(Cn2ccnc2)c2ccc(F)cc2)ccc1Cc1ccc(F)cc1. The van der Waals surface area contributed by atoms with Gasteiger partial charge in [0.15, 0.2) is 0 Å². The van der Waals surface area contributed by atoms with Crippen LogP contribution in [0.4, 0.5) is 8.78 Å². The second-order valence-electron chi connectivity index (χ2n) is 8.03. The van der Waals surface area contributed by atoms with E-state index in [1.807, 2.05) is 29.0 Å². The van der Waals surface area contributed by atoms with Gasteiger partial charge in [-0.2, -0.15) is 0 Å². The van der Waals surface area contributed by atoms with Gasteiger partial charge in [-0.25, -0.2) is 18.6 Å². The fourth-order valence-electron chi connectivity index (χ4n) is 3.84. The predicted octanol–water partition coefficient (Wildman–Crippen LogP) is 5.07. The molecule has 7 heteroatoms. The topological polar surface area (TPSA) is 56.1 Å². The van der Waals surface area contributed by atoms with Crippen molar-refractivity contribution in [2.75, 3.05) is 7.11 Å². The number of imidazole rings is 1. The molecule has 1 aromatic heterocycles. The minimum absolute atomic E-state index is 0.102. The first kappa shape index (κ1) is 23.3. The van der Waals surface area contributed by atoms with Gasteiger partial charge in [0.25, 0.3) is 0 Å². The number of rotatable bonds is 9. The fraction of sp³-hybridized carbons (Fsp3) is 0.185. The smallest absolute Gasteiger partial charge is 0.338 e. The molecule has 1 N–H and O–H groups in total. The summed E-state index contributed by atoms with van der Waals surface area (Å²) in [6.45, 7) is 1.09. The summed E-state index contributed by atoms with van der Waals surface area (Å²) in [4.78, 5) is 16.6. The van der Waals surface area contributed by atoms with Crippen molar-refractivity contribution in [1.82, 2.24) is 14.9 Å². The van der Waals surface area contributed by atoms with Crippen molar-refractivity contribution in [3.8, 4) is 0 Å². The summed E-state index contributed by atoms with van der Waals surface area (Å²) in [7, 11) is 1.35. The van der Waals surface area contributed by atoms with Crippen LogP contribution in [-0.2, 0) is 24.2 Å². The van der Waals surface area contributed by atoms with E-state index in [1.54, 1.807) is 36.8 Å². The number of halogens is 2. The lowest BCUT2D eigenvalue weighted by Gasteiger charge is -2.20. The quantitative estimate of drug-likeness (QED) is 0.354. The molecule has 0 aliphatic rings. The maximum absolute atomic E-state index is 13.4. The van der Waals surface area contributed by atoms with Crippen molar-refractivity contribution in [2.45, 2.75) is 25.6 Å². The van der Waals surface area contributed by atoms with E-state index in [2.05, 4.69) is 10.3 Å². The summed E-state index contributed by atoms with van der Waals surface area (Å²) < 4.78 is 33.6. The Morgan fingerprint density at radius 3 is 2.32 bits per heavy atom. The van der Waals surface area contributed by atoms with Crippen LogP contribution >= 0.6 is 0 Å². The van der Waals surface area contributed by atoms with Crippen LogP contribution in [0.2, 0.25) is 0 Å². The molecule has 0 aliphatic heterocycles. The number of nitrogens with one attached hydrogen (secondary N) is 1. The van der Waals surface area contributed by atoms with Gasteiger partial charge < -0.3 is 14.6 Å². The number of methoxy groups -OCH3 is 1. The molecule has 5 nitrogen and oxygen atoms in total. The Morgan fingerprint density at radius 1 is 1.00 bits per heavy atom. The summed E-state index contributed by atoms with van der Waals surface area (Å²) in [6, 6.07) is 18.2. The third-order valence-corrected chi connectivity index (χ3v) is 5.66. The lowest BCUT2D eigenvalue weighted by Crippen LogP contribution is -2.25. The third kappa shape index (κ3) is 5.94. The Hall–Kier alpha value is -3.84. The van der Waals surface area contributed by atoms with Crippen molar-refractivity contribution >= 4 is 5.97 Å². The van der Waals surface area contributed by atoms with Gasteiger partial charge in [0.2, 0.25) is 0 Å². The number of carbonyl (C=O) groups is 1. The Kier molecular flexibility index (Phi) is 7.44. The normalized spacial score (nSPS) is 11.9. The van der Waals surface area contributed by atoms with Crippen molar-refractivity contribution in [1.29, 1.82) is 0 Å². The van der Waals surface area contributed by atoms with Gasteiger partial charge in [-0.3, -0.25) is 0 Å². The van der Waals surface area contributed by atoms with Gasteiger partial charge in [0.05, 0.1) is 25.0 Å². The van der Waals surface area contributed by atoms with Crippen LogP contribution < -0.4 is 5.32 Å². The Morgan fingerprint density at radius 2 is 1.68 bits per heavy atom. The second-order valence-corrected chi connectivity index (χ2v) is 8.03. The molecule has 0 aliphatic carbocycles. The van der Waals surface area contributed by atoms with Crippen LogP contribution in [0.5, 0.6) is 0 Å². The number of aromatic nitrogens is 2. The summed E-state index contributed by atoms with van der Waals surface area (Å²) >= 11 is 0. The van der Waals surface area contributed by atoms with Gasteiger partial charge in [-0.1, -0.05) is 36.4 Å². The molecule has 3 aromatic carbocycles. The second kappa shape index (κ2) is 10.9. The van der Waals surface area contributed by atoms with E-state index in [-0.39, 0.29) is 17.7 Å². The zero-order chi connectivity index (χ0) is 23.9. The molecule has 0 fully saturated rings. The fourth-order valence-corrected chi connectivity index (χ4v) is 3.84. The first-order valence-electron chi connectivity index (χ1n) is 10.9. The van der Waals surface area contributed by atoms with Gasteiger partial charge in [0, 0.05) is 25.5 Å². The third-order valence-electron chi connectivity index (χ3n) is 5.66. The lowest BCUT2D eigenvalue weighted by atomic mass is 9.97. The van der Waals surface area contributed by atoms with Crippen molar-refractivity contribution in [3.63, 3.8) is 0 Å². The molecular weight excluding hydrogens is 436 g/mol. The van der Waals surface area contributed by atoms with Crippen molar-refractivity contribution < 1.29 is 18.3 Å². The molecule has 0 bridgehead atoms. The van der Waals surface area contributed by atoms with Crippen LogP contribution in [0.25, 0.3) is 0 Å².